The number of thiocarbonyl (C=S) groups is 1. The lowest BCUT2D eigenvalue weighted by Gasteiger charge is -2.33. The minimum absolute atomic E-state index is 0.0967. The number of likely N-dealkylation sites (tertiary alicyclic amines) is 1. The Hall–Kier alpha value is -1.62. The lowest BCUT2D eigenvalue weighted by atomic mass is 9.98. The van der Waals surface area contributed by atoms with Crippen LogP contribution in [0.4, 0.5) is 5.69 Å². The minimum Gasteiger partial charge on any atom is -0.369 e. The fraction of sp³-hybridized carbons (Fsp3) is 0.529. The molecule has 5 heteroatoms. The molecule has 1 fully saturated rings. The highest BCUT2D eigenvalue weighted by Gasteiger charge is 2.25. The van der Waals surface area contributed by atoms with Crippen LogP contribution in [0.5, 0.6) is 0 Å². The Morgan fingerprint density at radius 3 is 2.55 bits per heavy atom. The summed E-state index contributed by atoms with van der Waals surface area (Å²) < 4.78 is 0. The number of aryl methyl sites for hydroxylation is 2. The van der Waals surface area contributed by atoms with Gasteiger partial charge in [-0.3, -0.25) is 4.79 Å². The second-order valence-electron chi connectivity index (χ2n) is 5.78. The largest absolute Gasteiger partial charge is 0.369 e. The SMILES string of the molecule is CCc1cccc(CC)c1NC(=S)N1CCC[C@H](C(N)=O)C1. The summed E-state index contributed by atoms with van der Waals surface area (Å²) in [5, 5.41) is 4.11. The Balaban J connectivity index is 2.13. The van der Waals surface area contributed by atoms with Crippen molar-refractivity contribution >= 4 is 28.9 Å². The number of piperidine rings is 1. The van der Waals surface area contributed by atoms with E-state index in [9.17, 15) is 4.79 Å². The van der Waals surface area contributed by atoms with Crippen LogP contribution >= 0.6 is 12.2 Å². The summed E-state index contributed by atoms with van der Waals surface area (Å²) in [6.07, 6.45) is 3.73. The van der Waals surface area contributed by atoms with E-state index in [1.807, 2.05) is 0 Å². The molecule has 0 aromatic heterocycles. The molecule has 1 saturated heterocycles. The van der Waals surface area contributed by atoms with Crippen LogP contribution in [0.15, 0.2) is 18.2 Å². The highest BCUT2D eigenvalue weighted by atomic mass is 32.1. The van der Waals surface area contributed by atoms with Crippen LogP contribution < -0.4 is 11.1 Å². The molecule has 1 aliphatic rings. The van der Waals surface area contributed by atoms with Crippen molar-refractivity contribution in [2.45, 2.75) is 39.5 Å². The number of hydrogen-bond donors (Lipinski definition) is 2. The average molecular weight is 319 g/mol. The average Bonchev–Trinajstić information content (AvgIpc) is 2.55. The van der Waals surface area contributed by atoms with E-state index in [4.69, 9.17) is 18.0 Å². The zero-order chi connectivity index (χ0) is 16.1. The second kappa shape index (κ2) is 7.58. The summed E-state index contributed by atoms with van der Waals surface area (Å²) in [5.74, 6) is -0.323. The predicted octanol–water partition coefficient (Wildman–Crippen LogP) is 2.71. The first kappa shape index (κ1) is 16.7. The van der Waals surface area contributed by atoms with Gasteiger partial charge in [0.25, 0.3) is 0 Å². The van der Waals surface area contributed by atoms with E-state index in [1.165, 1.54) is 11.1 Å². The molecule has 0 unspecified atom stereocenters. The van der Waals surface area contributed by atoms with Crippen molar-refractivity contribution < 1.29 is 4.79 Å². The quantitative estimate of drug-likeness (QED) is 0.838. The van der Waals surface area contributed by atoms with Crippen LogP contribution in [0, 0.1) is 5.92 Å². The molecule has 1 atom stereocenters. The maximum Gasteiger partial charge on any atom is 0.222 e. The van der Waals surface area contributed by atoms with Gasteiger partial charge in [0.1, 0.15) is 0 Å². The Morgan fingerprint density at radius 2 is 2.00 bits per heavy atom. The van der Waals surface area contributed by atoms with Crippen molar-refractivity contribution in [2.75, 3.05) is 18.4 Å². The second-order valence-corrected chi connectivity index (χ2v) is 6.16. The van der Waals surface area contributed by atoms with Crippen LogP contribution in [0.3, 0.4) is 0 Å². The summed E-state index contributed by atoms with van der Waals surface area (Å²) in [7, 11) is 0. The molecule has 22 heavy (non-hydrogen) atoms. The molecule has 1 heterocycles. The molecule has 3 N–H and O–H groups in total. The highest BCUT2D eigenvalue weighted by Crippen LogP contribution is 2.24. The molecule has 0 saturated carbocycles. The molecule has 1 aromatic carbocycles. The lowest BCUT2D eigenvalue weighted by Crippen LogP contribution is -2.45. The molecular formula is C17H25N3OS. The number of rotatable bonds is 4. The van der Waals surface area contributed by atoms with Gasteiger partial charge in [0.15, 0.2) is 5.11 Å². The third-order valence-electron chi connectivity index (χ3n) is 4.34. The Labute approximate surface area is 138 Å². The number of anilines is 1. The third kappa shape index (κ3) is 3.77. The Morgan fingerprint density at radius 1 is 1.36 bits per heavy atom. The maximum atomic E-state index is 11.4. The van der Waals surface area contributed by atoms with Gasteiger partial charge in [0.2, 0.25) is 5.91 Å². The summed E-state index contributed by atoms with van der Waals surface area (Å²) in [4.78, 5) is 13.5. The standard InChI is InChI=1S/C17H25N3OS/c1-3-12-7-5-8-13(4-2)15(12)19-17(22)20-10-6-9-14(11-20)16(18)21/h5,7-8,14H,3-4,6,9-11H2,1-2H3,(H2,18,21)(H,19,22)/t14-/m0/s1. The summed E-state index contributed by atoms with van der Waals surface area (Å²) >= 11 is 5.57. The number of benzene rings is 1. The van der Waals surface area contributed by atoms with Crippen molar-refractivity contribution in [3.63, 3.8) is 0 Å². The van der Waals surface area contributed by atoms with Gasteiger partial charge in [-0.15, -0.1) is 0 Å². The van der Waals surface area contributed by atoms with Crippen molar-refractivity contribution in [2.24, 2.45) is 11.7 Å². The van der Waals surface area contributed by atoms with Gasteiger partial charge in [-0.1, -0.05) is 32.0 Å². The van der Waals surface area contributed by atoms with Gasteiger partial charge in [0, 0.05) is 18.8 Å². The van der Waals surface area contributed by atoms with Crippen molar-refractivity contribution in [3.05, 3.63) is 29.3 Å². The fourth-order valence-corrected chi connectivity index (χ4v) is 3.25. The van der Waals surface area contributed by atoms with E-state index < -0.39 is 0 Å². The number of carbonyl (C=O) groups is 1. The molecule has 2 rings (SSSR count). The molecule has 1 amide bonds. The van der Waals surface area contributed by atoms with Gasteiger partial charge < -0.3 is 16.0 Å². The lowest BCUT2D eigenvalue weighted by molar-refractivity contribution is -0.122. The Kier molecular flexibility index (Phi) is 5.77. The van der Waals surface area contributed by atoms with Crippen LogP contribution in [0.25, 0.3) is 0 Å². The zero-order valence-electron chi connectivity index (χ0n) is 13.4. The normalized spacial score (nSPS) is 18.1. The Bertz CT molecular complexity index is 537. The first-order valence-electron chi connectivity index (χ1n) is 8.02. The maximum absolute atomic E-state index is 11.4. The van der Waals surface area contributed by atoms with Gasteiger partial charge in [-0.05, 0) is 49.0 Å². The molecule has 0 radical (unpaired) electrons. The number of nitrogens with zero attached hydrogens (tertiary/aromatic N) is 1. The number of nitrogens with one attached hydrogen (secondary N) is 1. The fourth-order valence-electron chi connectivity index (χ4n) is 2.98. The van der Waals surface area contributed by atoms with Gasteiger partial charge in [0.05, 0.1) is 5.92 Å². The third-order valence-corrected chi connectivity index (χ3v) is 4.70. The number of primary amides is 1. The molecule has 0 bridgehead atoms. The van der Waals surface area contributed by atoms with Gasteiger partial charge in [-0.25, -0.2) is 0 Å². The van der Waals surface area contributed by atoms with Crippen LogP contribution in [-0.4, -0.2) is 29.0 Å². The van der Waals surface area contributed by atoms with Crippen LogP contribution in [0.2, 0.25) is 0 Å². The minimum atomic E-state index is -0.226. The molecule has 1 aliphatic heterocycles. The molecule has 0 aliphatic carbocycles. The first-order chi connectivity index (χ1) is 10.6. The molecule has 4 nitrogen and oxygen atoms in total. The topological polar surface area (TPSA) is 58.4 Å². The van der Waals surface area contributed by atoms with Crippen LogP contribution in [0.1, 0.15) is 37.8 Å². The smallest absolute Gasteiger partial charge is 0.222 e. The number of carbonyl (C=O) groups excluding carboxylic acids is 1. The molecule has 0 spiro atoms. The van der Waals surface area contributed by atoms with E-state index in [0.29, 0.717) is 11.7 Å². The summed E-state index contributed by atoms with van der Waals surface area (Å²) in [5.41, 5.74) is 9.11. The van der Waals surface area contributed by atoms with Crippen molar-refractivity contribution in [1.82, 2.24) is 4.90 Å². The molecule has 1 aromatic rings. The first-order valence-corrected chi connectivity index (χ1v) is 8.43. The van der Waals surface area contributed by atoms with Crippen LogP contribution in [-0.2, 0) is 17.6 Å². The van der Waals surface area contributed by atoms with Crippen molar-refractivity contribution in [3.8, 4) is 0 Å². The van der Waals surface area contributed by atoms with E-state index in [0.717, 1.165) is 37.9 Å². The van der Waals surface area contributed by atoms with Gasteiger partial charge in [-0.2, -0.15) is 0 Å². The molecular weight excluding hydrogens is 294 g/mol. The summed E-state index contributed by atoms with van der Waals surface area (Å²) in [6.45, 7) is 5.79. The number of hydrogen-bond acceptors (Lipinski definition) is 2. The monoisotopic (exact) mass is 319 g/mol. The van der Waals surface area contributed by atoms with Gasteiger partial charge >= 0.3 is 0 Å². The number of nitrogens with two attached hydrogens (primary N) is 1. The highest BCUT2D eigenvalue weighted by molar-refractivity contribution is 7.80. The predicted molar refractivity (Wildman–Crippen MR) is 94.9 cm³/mol. The number of para-hydroxylation sites is 1. The number of amides is 1. The van der Waals surface area contributed by atoms with Crippen molar-refractivity contribution in [1.29, 1.82) is 0 Å². The summed E-state index contributed by atoms with van der Waals surface area (Å²) in [6, 6.07) is 6.36. The van der Waals surface area contributed by atoms with E-state index in [-0.39, 0.29) is 11.8 Å². The van der Waals surface area contributed by atoms with E-state index in [2.05, 4.69) is 42.3 Å². The van der Waals surface area contributed by atoms with E-state index in [1.54, 1.807) is 0 Å². The molecule has 120 valence electrons. The van der Waals surface area contributed by atoms with E-state index >= 15 is 0 Å². The zero-order valence-corrected chi connectivity index (χ0v) is 14.2.